The summed E-state index contributed by atoms with van der Waals surface area (Å²) in [5.74, 6) is -0.665. The fourth-order valence-electron chi connectivity index (χ4n) is 2.70. The molecule has 0 aliphatic rings. The van der Waals surface area contributed by atoms with Gasteiger partial charge in [-0.1, -0.05) is 70.4 Å². The van der Waals surface area contributed by atoms with E-state index in [1.165, 1.54) is 51.4 Å². The molecule has 1 N–H and O–H groups in total. The summed E-state index contributed by atoms with van der Waals surface area (Å²) in [6.07, 6.45) is 20.2. The van der Waals surface area contributed by atoms with Gasteiger partial charge in [0.1, 0.15) is 0 Å². The first-order chi connectivity index (χ1) is 12.5. The molecule has 0 aliphatic heterocycles. The number of carbonyl (C=O) groups is 1. The molecule has 154 valence electrons. The molecule has 0 bridgehead atoms. The number of carbonyl (C=O) groups excluding carboxylic acids is 1. The maximum Gasteiger partial charge on any atom is 0.529 e. The van der Waals surface area contributed by atoms with Crippen LogP contribution in [0.3, 0.4) is 0 Å². The molecule has 6 heteroatoms. The number of phosphoric ester groups is 1. The van der Waals surface area contributed by atoms with Crippen molar-refractivity contribution in [1.29, 1.82) is 0 Å². The van der Waals surface area contributed by atoms with Gasteiger partial charge in [-0.3, -0.25) is 14.2 Å². The third-order valence-electron chi connectivity index (χ3n) is 4.15. The highest BCUT2D eigenvalue weighted by Crippen LogP contribution is 2.43. The molecule has 0 radical (unpaired) electrons. The van der Waals surface area contributed by atoms with Crippen molar-refractivity contribution in [2.75, 3.05) is 6.61 Å². The Balaban J connectivity index is 3.37. The van der Waals surface area contributed by atoms with Crippen molar-refractivity contribution in [2.24, 2.45) is 0 Å². The van der Waals surface area contributed by atoms with Gasteiger partial charge in [0.15, 0.2) is 0 Å². The molecule has 26 heavy (non-hydrogen) atoms. The summed E-state index contributed by atoms with van der Waals surface area (Å²) in [6, 6.07) is 0. The van der Waals surface area contributed by atoms with E-state index in [9.17, 15) is 14.3 Å². The highest BCUT2D eigenvalue weighted by molar-refractivity contribution is 7.48. The van der Waals surface area contributed by atoms with E-state index in [0.717, 1.165) is 25.7 Å². The van der Waals surface area contributed by atoms with E-state index in [2.05, 4.69) is 28.1 Å². The molecule has 0 aliphatic carbocycles. The van der Waals surface area contributed by atoms with E-state index < -0.39 is 13.8 Å². The van der Waals surface area contributed by atoms with Crippen molar-refractivity contribution < 1.29 is 23.3 Å². The van der Waals surface area contributed by atoms with Crippen LogP contribution in [0.15, 0.2) is 12.2 Å². The number of rotatable bonds is 18. The molecule has 0 amide bonds. The first-order valence-electron chi connectivity index (χ1n) is 10.4. The molecular weight excluding hydrogens is 351 g/mol. The molecule has 5 nitrogen and oxygen atoms in total. The Morgan fingerprint density at radius 3 is 1.88 bits per heavy atom. The summed E-state index contributed by atoms with van der Waals surface area (Å²) in [5, 5.41) is 0. The monoisotopic (exact) mass is 390 g/mol. The van der Waals surface area contributed by atoms with Gasteiger partial charge in [-0.15, -0.1) is 0 Å². The minimum absolute atomic E-state index is 0.0362. The van der Waals surface area contributed by atoms with Gasteiger partial charge >= 0.3 is 13.8 Å². The highest BCUT2D eigenvalue weighted by atomic mass is 31.2. The van der Waals surface area contributed by atoms with Crippen molar-refractivity contribution in [2.45, 2.75) is 104 Å². The lowest BCUT2D eigenvalue weighted by Gasteiger charge is -2.10. The minimum Gasteiger partial charge on any atom is -0.371 e. The molecule has 0 aromatic carbocycles. The normalized spacial score (nSPS) is 13.8. The Hall–Kier alpha value is -0.640. The van der Waals surface area contributed by atoms with Gasteiger partial charge in [0.25, 0.3) is 0 Å². The predicted octanol–water partition coefficient (Wildman–Crippen LogP) is 6.70. The second-order valence-electron chi connectivity index (χ2n) is 6.68. The number of phosphoric acid groups is 1. The lowest BCUT2D eigenvalue weighted by molar-refractivity contribution is -0.136. The highest BCUT2D eigenvalue weighted by Gasteiger charge is 2.24. The summed E-state index contributed by atoms with van der Waals surface area (Å²) < 4.78 is 20.2. The van der Waals surface area contributed by atoms with E-state index in [-0.39, 0.29) is 13.0 Å². The molecule has 1 unspecified atom stereocenters. The zero-order valence-corrected chi connectivity index (χ0v) is 17.7. The van der Waals surface area contributed by atoms with Crippen LogP contribution in [0.25, 0.3) is 0 Å². The SMILES string of the molecule is CCCCCCCCC=CCCCCCCCC(=O)OP(=O)(O)OCC. The molecule has 0 saturated carbocycles. The van der Waals surface area contributed by atoms with Crippen molar-refractivity contribution in [3.05, 3.63) is 12.2 Å². The van der Waals surface area contributed by atoms with Crippen molar-refractivity contribution in [3.8, 4) is 0 Å². The fourth-order valence-corrected chi connectivity index (χ4v) is 3.43. The molecular formula is C20H39O5P. The Morgan fingerprint density at radius 1 is 0.846 bits per heavy atom. The average molecular weight is 391 g/mol. The van der Waals surface area contributed by atoms with Gasteiger partial charge in [0.05, 0.1) is 6.61 Å². The Kier molecular flexibility index (Phi) is 17.3. The maximum atomic E-state index is 11.4. The minimum atomic E-state index is -4.20. The quantitative estimate of drug-likeness (QED) is 0.160. The van der Waals surface area contributed by atoms with Crippen LogP contribution in [0.4, 0.5) is 0 Å². The van der Waals surface area contributed by atoms with E-state index in [1.54, 1.807) is 6.92 Å². The molecule has 1 atom stereocenters. The van der Waals surface area contributed by atoms with Gasteiger partial charge in [-0.25, -0.2) is 4.57 Å². The lowest BCUT2D eigenvalue weighted by Crippen LogP contribution is -2.04. The number of unbranched alkanes of at least 4 members (excludes halogenated alkanes) is 11. The number of hydrogen-bond donors (Lipinski definition) is 1. The second-order valence-corrected chi connectivity index (χ2v) is 8.06. The lowest BCUT2D eigenvalue weighted by atomic mass is 10.1. The first-order valence-corrected chi connectivity index (χ1v) is 11.9. The second kappa shape index (κ2) is 17.8. The van der Waals surface area contributed by atoms with Crippen LogP contribution in [0.1, 0.15) is 104 Å². The summed E-state index contributed by atoms with van der Waals surface area (Å²) in [4.78, 5) is 20.6. The van der Waals surface area contributed by atoms with Crippen LogP contribution in [0.5, 0.6) is 0 Å². The number of hydrogen-bond acceptors (Lipinski definition) is 4. The molecule has 0 saturated heterocycles. The largest absolute Gasteiger partial charge is 0.529 e. The van der Waals surface area contributed by atoms with E-state index in [0.29, 0.717) is 6.42 Å². The Bertz CT molecular complexity index is 409. The molecule has 0 heterocycles. The van der Waals surface area contributed by atoms with Crippen LogP contribution in [0.2, 0.25) is 0 Å². The zero-order valence-electron chi connectivity index (χ0n) is 16.8. The van der Waals surface area contributed by atoms with Crippen LogP contribution >= 0.6 is 7.82 Å². The fraction of sp³-hybridized carbons (Fsp3) is 0.850. The van der Waals surface area contributed by atoms with Crippen molar-refractivity contribution in [1.82, 2.24) is 0 Å². The Labute approximate surface area is 160 Å². The third-order valence-corrected chi connectivity index (χ3v) is 5.17. The molecule has 0 aromatic heterocycles. The van der Waals surface area contributed by atoms with Crippen molar-refractivity contribution >= 4 is 13.8 Å². The third kappa shape index (κ3) is 18.2. The van der Waals surface area contributed by atoms with E-state index in [1.807, 2.05) is 0 Å². The van der Waals surface area contributed by atoms with Crippen LogP contribution in [-0.4, -0.2) is 17.5 Å². The van der Waals surface area contributed by atoms with Crippen molar-refractivity contribution in [3.63, 3.8) is 0 Å². The standard InChI is InChI=1S/C20H39O5P/c1-3-5-6-7-8-9-10-11-12-13-14-15-16-17-18-19-20(21)25-26(22,23)24-4-2/h11-12H,3-10,13-19H2,1-2H3,(H,22,23). The molecule has 0 fully saturated rings. The topological polar surface area (TPSA) is 72.8 Å². The molecule has 0 rings (SSSR count). The zero-order chi connectivity index (χ0) is 19.5. The van der Waals surface area contributed by atoms with Crippen LogP contribution < -0.4 is 0 Å². The summed E-state index contributed by atoms with van der Waals surface area (Å²) in [6.45, 7) is 3.85. The molecule has 0 spiro atoms. The summed E-state index contributed by atoms with van der Waals surface area (Å²) in [5.41, 5.74) is 0. The van der Waals surface area contributed by atoms with E-state index >= 15 is 0 Å². The van der Waals surface area contributed by atoms with Crippen LogP contribution in [0, 0.1) is 0 Å². The van der Waals surface area contributed by atoms with Gasteiger partial charge < -0.3 is 4.52 Å². The van der Waals surface area contributed by atoms with Gasteiger partial charge in [-0.2, -0.15) is 0 Å². The summed E-state index contributed by atoms with van der Waals surface area (Å²) in [7, 11) is -4.20. The smallest absolute Gasteiger partial charge is 0.371 e. The van der Waals surface area contributed by atoms with Gasteiger partial charge in [0, 0.05) is 6.42 Å². The van der Waals surface area contributed by atoms with Gasteiger partial charge in [0.2, 0.25) is 0 Å². The molecule has 0 aromatic rings. The van der Waals surface area contributed by atoms with E-state index in [4.69, 9.17) is 0 Å². The predicted molar refractivity (Wildman–Crippen MR) is 107 cm³/mol. The maximum absolute atomic E-state index is 11.4. The summed E-state index contributed by atoms with van der Waals surface area (Å²) >= 11 is 0. The van der Waals surface area contributed by atoms with Crippen LogP contribution in [-0.2, 0) is 18.4 Å². The average Bonchev–Trinajstić information content (AvgIpc) is 2.57. The van der Waals surface area contributed by atoms with Gasteiger partial charge in [-0.05, 0) is 39.0 Å². The first kappa shape index (κ1) is 25.4. The number of allylic oxidation sites excluding steroid dienone is 2. The Morgan fingerprint density at radius 2 is 1.35 bits per heavy atom.